The van der Waals surface area contributed by atoms with Crippen molar-refractivity contribution in [3.63, 3.8) is 0 Å². The van der Waals surface area contributed by atoms with Crippen LogP contribution in [0.1, 0.15) is 0 Å². The highest BCUT2D eigenvalue weighted by Crippen LogP contribution is 2.39. The summed E-state index contributed by atoms with van der Waals surface area (Å²) in [5, 5.41) is 9.75. The van der Waals surface area contributed by atoms with Crippen molar-refractivity contribution in [1.29, 1.82) is 0 Å². The van der Waals surface area contributed by atoms with Crippen LogP contribution < -0.4 is 4.74 Å². The first-order valence-corrected chi connectivity index (χ1v) is 4.35. The molecule has 1 rings (SSSR count). The normalized spacial score (nSPS) is 11.3. The van der Waals surface area contributed by atoms with Gasteiger partial charge in [-0.1, -0.05) is 11.6 Å². The third-order valence-corrected chi connectivity index (χ3v) is 1.76. The Morgan fingerprint density at radius 1 is 1.44 bits per heavy atom. The monoisotopic (exact) mass is 275 g/mol. The second-order valence-corrected chi connectivity index (χ2v) is 3.39. The van der Waals surface area contributed by atoms with E-state index >= 15 is 0 Å². The first-order valence-electron chi connectivity index (χ1n) is 3.60. The lowest BCUT2D eigenvalue weighted by Crippen LogP contribution is -2.17. The van der Waals surface area contributed by atoms with Gasteiger partial charge in [0.2, 0.25) is 5.75 Å². The lowest BCUT2D eigenvalue weighted by Gasteiger charge is -2.11. The molecule has 0 N–H and O–H groups in total. The summed E-state index contributed by atoms with van der Waals surface area (Å²) < 4.78 is 41.1. The maximum atomic E-state index is 12.7. The van der Waals surface area contributed by atoms with Crippen LogP contribution in [0.2, 0.25) is 5.02 Å². The summed E-state index contributed by atoms with van der Waals surface area (Å²) in [6, 6.07) is 0.982. The SMILES string of the molecule is O=[N+]([O-])c1cc(F)cc(Cl)c1OC(F)(F)Cl. The molecule has 1 aromatic carbocycles. The molecule has 88 valence electrons. The lowest BCUT2D eigenvalue weighted by atomic mass is 10.3. The molecule has 0 saturated carbocycles. The average Bonchev–Trinajstić information content (AvgIpc) is 2.07. The van der Waals surface area contributed by atoms with Crippen LogP contribution in [-0.4, -0.2) is 10.5 Å². The first kappa shape index (κ1) is 12.9. The van der Waals surface area contributed by atoms with Gasteiger partial charge in [-0.25, -0.2) is 4.39 Å². The van der Waals surface area contributed by atoms with Crippen LogP contribution in [0, 0.1) is 15.9 Å². The van der Waals surface area contributed by atoms with Crippen molar-refractivity contribution >= 4 is 28.9 Å². The number of nitro benzene ring substituents is 1. The summed E-state index contributed by atoms with van der Waals surface area (Å²) in [4.78, 5) is 9.31. The van der Waals surface area contributed by atoms with Crippen molar-refractivity contribution in [2.24, 2.45) is 0 Å². The molecule has 9 heteroatoms. The van der Waals surface area contributed by atoms with E-state index in [1.807, 2.05) is 0 Å². The molecule has 1 aromatic rings. The van der Waals surface area contributed by atoms with Gasteiger partial charge >= 0.3 is 11.3 Å². The number of halogens is 5. The summed E-state index contributed by atoms with van der Waals surface area (Å²) in [6.07, 6.45) is 0. The van der Waals surface area contributed by atoms with Crippen LogP contribution in [-0.2, 0) is 0 Å². The Morgan fingerprint density at radius 2 is 2.00 bits per heavy atom. The van der Waals surface area contributed by atoms with Gasteiger partial charge in [0, 0.05) is 11.6 Å². The topological polar surface area (TPSA) is 52.4 Å². The van der Waals surface area contributed by atoms with E-state index in [-0.39, 0.29) is 0 Å². The van der Waals surface area contributed by atoms with Crippen LogP contribution in [0.5, 0.6) is 5.75 Å². The maximum Gasteiger partial charge on any atom is 0.487 e. The van der Waals surface area contributed by atoms with E-state index < -0.39 is 32.8 Å². The number of benzene rings is 1. The standard InChI is InChI=1S/C7H2Cl2F3NO3/c8-4-1-3(10)2-5(13(14)15)6(4)16-7(9,11)12/h1-2H. The zero-order chi connectivity index (χ0) is 12.5. The van der Waals surface area contributed by atoms with Crippen LogP contribution >= 0.6 is 23.2 Å². The van der Waals surface area contributed by atoms with Crippen molar-refractivity contribution in [1.82, 2.24) is 0 Å². The minimum Gasteiger partial charge on any atom is -0.411 e. The van der Waals surface area contributed by atoms with E-state index in [0.717, 1.165) is 0 Å². The molecule has 4 nitrogen and oxygen atoms in total. The molecule has 0 spiro atoms. The number of hydrogen-bond acceptors (Lipinski definition) is 3. The van der Waals surface area contributed by atoms with Crippen LogP contribution in [0.25, 0.3) is 0 Å². The molecule has 0 fully saturated rings. The van der Waals surface area contributed by atoms with Gasteiger partial charge in [0.05, 0.1) is 16.0 Å². The van der Waals surface area contributed by atoms with Crippen molar-refractivity contribution in [3.05, 3.63) is 33.1 Å². The molecule has 16 heavy (non-hydrogen) atoms. The van der Waals surface area contributed by atoms with Crippen LogP contribution in [0.3, 0.4) is 0 Å². The third-order valence-electron chi connectivity index (χ3n) is 1.40. The van der Waals surface area contributed by atoms with Crippen molar-refractivity contribution in [2.75, 3.05) is 0 Å². The summed E-state index contributed by atoms with van der Waals surface area (Å²) >= 11 is 9.75. The van der Waals surface area contributed by atoms with Gasteiger partial charge in [-0.2, -0.15) is 0 Å². The molecule has 0 radical (unpaired) electrons. The zero-order valence-electron chi connectivity index (χ0n) is 7.22. The summed E-state index contributed by atoms with van der Waals surface area (Å²) in [5.41, 5.74) is -5.21. The maximum absolute atomic E-state index is 12.7. The van der Waals surface area contributed by atoms with Gasteiger partial charge in [0.25, 0.3) is 0 Å². The molecule has 0 bridgehead atoms. The number of hydrogen-bond donors (Lipinski definition) is 0. The van der Waals surface area contributed by atoms with Crippen LogP contribution in [0.15, 0.2) is 12.1 Å². The number of ether oxygens (including phenoxy) is 1. The molecule has 0 heterocycles. The number of rotatable bonds is 3. The highest BCUT2D eigenvalue weighted by Gasteiger charge is 2.33. The van der Waals surface area contributed by atoms with Gasteiger partial charge in [-0.15, -0.1) is 8.78 Å². The van der Waals surface area contributed by atoms with Gasteiger partial charge < -0.3 is 4.74 Å². The van der Waals surface area contributed by atoms with E-state index in [2.05, 4.69) is 16.3 Å². The molecule has 0 aromatic heterocycles. The van der Waals surface area contributed by atoms with E-state index in [9.17, 15) is 23.3 Å². The van der Waals surface area contributed by atoms with E-state index in [4.69, 9.17) is 11.6 Å². The van der Waals surface area contributed by atoms with E-state index in [1.54, 1.807) is 0 Å². The van der Waals surface area contributed by atoms with E-state index in [1.165, 1.54) is 0 Å². The predicted molar refractivity (Wildman–Crippen MR) is 49.5 cm³/mol. The summed E-state index contributed by atoms with van der Waals surface area (Å²) in [6.45, 7) is 0. The van der Waals surface area contributed by atoms with Gasteiger partial charge in [0.1, 0.15) is 5.82 Å². The molecule has 0 aliphatic rings. The molecule has 0 aliphatic heterocycles. The fraction of sp³-hybridized carbons (Fsp3) is 0.143. The van der Waals surface area contributed by atoms with Crippen molar-refractivity contribution < 1.29 is 22.8 Å². The second kappa shape index (κ2) is 4.34. The number of alkyl halides is 3. The quantitative estimate of drug-likeness (QED) is 0.482. The third kappa shape index (κ3) is 3.14. The Kier molecular flexibility index (Phi) is 3.49. The van der Waals surface area contributed by atoms with Crippen molar-refractivity contribution in [2.45, 2.75) is 5.57 Å². The minimum absolute atomic E-state index is 0.393. The number of nitro groups is 1. The Balaban J connectivity index is 3.30. The van der Waals surface area contributed by atoms with Gasteiger partial charge in [0.15, 0.2) is 0 Å². The molecular formula is C7H2Cl2F3NO3. The molecular weight excluding hydrogens is 274 g/mol. The molecule has 0 atom stereocenters. The predicted octanol–water partition coefficient (Wildman–Crippen LogP) is 3.56. The van der Waals surface area contributed by atoms with Gasteiger partial charge in [-0.05, 0) is 6.07 Å². The summed E-state index contributed by atoms with van der Waals surface area (Å²) in [5.74, 6) is -2.05. The smallest absolute Gasteiger partial charge is 0.411 e. The summed E-state index contributed by atoms with van der Waals surface area (Å²) in [7, 11) is 0. The first-order chi connectivity index (χ1) is 7.20. The molecule has 0 saturated heterocycles. The molecule has 0 unspecified atom stereocenters. The highest BCUT2D eigenvalue weighted by molar-refractivity contribution is 6.32. The minimum atomic E-state index is -4.17. The lowest BCUT2D eigenvalue weighted by molar-refractivity contribution is -0.386. The second-order valence-electron chi connectivity index (χ2n) is 2.54. The Morgan fingerprint density at radius 3 is 2.44 bits per heavy atom. The Hall–Kier alpha value is -1.21. The van der Waals surface area contributed by atoms with Crippen molar-refractivity contribution in [3.8, 4) is 5.75 Å². The highest BCUT2D eigenvalue weighted by atomic mass is 35.5. The largest absolute Gasteiger partial charge is 0.487 e. The Labute approximate surface area is 96.7 Å². The fourth-order valence-corrected chi connectivity index (χ4v) is 1.22. The van der Waals surface area contributed by atoms with E-state index in [0.29, 0.717) is 12.1 Å². The van der Waals surface area contributed by atoms with Crippen LogP contribution in [0.4, 0.5) is 18.9 Å². The fourth-order valence-electron chi connectivity index (χ4n) is 0.899. The molecule has 0 amide bonds. The Bertz CT molecular complexity index is 436. The van der Waals surface area contributed by atoms with Gasteiger partial charge in [-0.3, -0.25) is 10.1 Å². The zero-order valence-corrected chi connectivity index (χ0v) is 8.73. The average molecular weight is 276 g/mol. The number of nitrogens with zero attached hydrogens (tertiary/aromatic N) is 1. The molecule has 0 aliphatic carbocycles.